The molecule has 0 aromatic carbocycles. The van der Waals surface area contributed by atoms with Crippen molar-refractivity contribution in [3.05, 3.63) is 16.1 Å². The van der Waals surface area contributed by atoms with Gasteiger partial charge >= 0.3 is 0 Å². The van der Waals surface area contributed by atoms with Crippen LogP contribution in [0.3, 0.4) is 0 Å². The first-order valence-corrected chi connectivity index (χ1v) is 8.82. The third kappa shape index (κ3) is 3.10. The van der Waals surface area contributed by atoms with Gasteiger partial charge in [-0.25, -0.2) is 4.98 Å². The molecule has 0 aliphatic carbocycles. The Morgan fingerprint density at radius 3 is 2.71 bits per heavy atom. The second-order valence-electron chi connectivity index (χ2n) is 5.68. The Hall–Kier alpha value is -1.03. The molecule has 1 saturated heterocycles. The quantitative estimate of drug-likeness (QED) is 0.863. The molecular formula is C12H20N4O3S2. The number of hydrogen-bond acceptors (Lipinski definition) is 5. The largest absolute Gasteiger partial charge is 0.365 e. The zero-order valence-electron chi connectivity index (χ0n) is 12.4. The number of rotatable bonds is 4. The summed E-state index contributed by atoms with van der Waals surface area (Å²) < 4.78 is 27.2. The van der Waals surface area contributed by atoms with E-state index in [1.807, 2.05) is 6.92 Å². The minimum atomic E-state index is -3.44. The lowest BCUT2D eigenvalue weighted by Gasteiger charge is -2.39. The maximum Gasteiger partial charge on any atom is 0.281 e. The van der Waals surface area contributed by atoms with E-state index in [4.69, 9.17) is 5.73 Å². The predicted molar refractivity (Wildman–Crippen MR) is 81.4 cm³/mol. The van der Waals surface area contributed by atoms with Crippen molar-refractivity contribution < 1.29 is 13.2 Å². The number of carbonyl (C=O) groups is 1. The molecule has 1 aromatic heterocycles. The summed E-state index contributed by atoms with van der Waals surface area (Å²) in [7, 11) is -0.389. The predicted octanol–water partition coefficient (Wildman–Crippen LogP) is 0.402. The van der Waals surface area contributed by atoms with E-state index in [9.17, 15) is 13.2 Å². The molecule has 2 rings (SSSR count). The van der Waals surface area contributed by atoms with Crippen LogP contribution in [0.2, 0.25) is 0 Å². The maximum absolute atomic E-state index is 12.3. The fraction of sp³-hybridized carbons (Fsp3) is 0.667. The van der Waals surface area contributed by atoms with Gasteiger partial charge in [0, 0.05) is 32.6 Å². The third-order valence-electron chi connectivity index (χ3n) is 3.71. The summed E-state index contributed by atoms with van der Waals surface area (Å²) >= 11 is 1.25. The molecule has 0 spiro atoms. The number of hydrogen-bond donors (Lipinski definition) is 1. The lowest BCUT2D eigenvalue weighted by molar-refractivity contribution is 0.100. The molecule has 1 atom stereocenters. The summed E-state index contributed by atoms with van der Waals surface area (Å²) in [5.74, 6) is -0.504. The summed E-state index contributed by atoms with van der Waals surface area (Å²) in [6.45, 7) is 2.84. The van der Waals surface area contributed by atoms with E-state index in [0.717, 1.165) is 17.8 Å². The van der Waals surface area contributed by atoms with Crippen LogP contribution in [0.15, 0.2) is 6.20 Å². The second kappa shape index (κ2) is 5.64. The highest BCUT2D eigenvalue weighted by Gasteiger charge is 2.40. The monoisotopic (exact) mass is 332 g/mol. The molecule has 1 fully saturated rings. The summed E-state index contributed by atoms with van der Waals surface area (Å²) in [5.41, 5.74) is 4.87. The molecule has 0 unspecified atom stereocenters. The molecular weight excluding hydrogens is 312 g/mol. The average Bonchev–Trinajstić information content (AvgIpc) is 2.89. The summed E-state index contributed by atoms with van der Waals surface area (Å²) in [6.07, 6.45) is 3.06. The second-order valence-corrected chi connectivity index (χ2v) is 8.85. The molecule has 1 amide bonds. The SMILES string of the molecule is CN(C)S(=O)(=O)N1CCC[C@](C)(c2ncc(C(N)=O)s2)C1. The number of piperidine rings is 1. The van der Waals surface area contributed by atoms with Crippen LogP contribution in [0.5, 0.6) is 0 Å². The van der Waals surface area contributed by atoms with Crippen molar-refractivity contribution in [1.29, 1.82) is 0 Å². The number of nitrogens with zero attached hydrogens (tertiary/aromatic N) is 3. The first-order chi connectivity index (χ1) is 9.67. The number of thiazole rings is 1. The van der Waals surface area contributed by atoms with Gasteiger partial charge in [-0.05, 0) is 12.8 Å². The Kier molecular flexibility index (Phi) is 4.39. The molecule has 0 saturated carbocycles. The number of aromatic nitrogens is 1. The minimum absolute atomic E-state index is 0.360. The van der Waals surface area contributed by atoms with Gasteiger partial charge in [-0.15, -0.1) is 11.3 Å². The molecule has 1 aromatic rings. The van der Waals surface area contributed by atoms with E-state index in [-0.39, 0.29) is 5.41 Å². The minimum Gasteiger partial charge on any atom is -0.365 e. The molecule has 1 aliphatic heterocycles. The molecule has 1 aliphatic rings. The van der Waals surface area contributed by atoms with E-state index in [0.29, 0.717) is 18.0 Å². The Labute approximate surface area is 128 Å². The Morgan fingerprint density at radius 2 is 2.19 bits per heavy atom. The van der Waals surface area contributed by atoms with Crippen molar-refractivity contribution in [2.24, 2.45) is 5.73 Å². The number of nitrogens with two attached hydrogens (primary N) is 1. The van der Waals surface area contributed by atoms with Gasteiger partial charge in [0.1, 0.15) is 9.88 Å². The lowest BCUT2D eigenvalue weighted by Crippen LogP contribution is -2.50. The summed E-state index contributed by atoms with van der Waals surface area (Å²) in [6, 6.07) is 0. The van der Waals surface area contributed by atoms with Gasteiger partial charge in [0.2, 0.25) is 0 Å². The van der Waals surface area contributed by atoms with E-state index in [1.165, 1.54) is 40.2 Å². The molecule has 7 nitrogen and oxygen atoms in total. The number of carbonyl (C=O) groups excluding carboxylic acids is 1. The topological polar surface area (TPSA) is 96.6 Å². The fourth-order valence-corrected chi connectivity index (χ4v) is 4.66. The maximum atomic E-state index is 12.3. The lowest BCUT2D eigenvalue weighted by atomic mass is 9.83. The van der Waals surface area contributed by atoms with E-state index in [2.05, 4.69) is 4.98 Å². The molecule has 118 valence electrons. The van der Waals surface area contributed by atoms with Crippen LogP contribution in [0.1, 0.15) is 34.4 Å². The van der Waals surface area contributed by atoms with Crippen LogP contribution < -0.4 is 5.73 Å². The van der Waals surface area contributed by atoms with Gasteiger partial charge < -0.3 is 5.73 Å². The molecule has 9 heteroatoms. The molecule has 2 heterocycles. The van der Waals surface area contributed by atoms with Gasteiger partial charge in [-0.2, -0.15) is 17.0 Å². The van der Waals surface area contributed by atoms with E-state index in [1.54, 1.807) is 0 Å². The highest BCUT2D eigenvalue weighted by molar-refractivity contribution is 7.86. The Balaban J connectivity index is 2.28. The highest BCUT2D eigenvalue weighted by Crippen LogP contribution is 2.37. The van der Waals surface area contributed by atoms with Gasteiger partial charge in [0.15, 0.2) is 0 Å². The standard InChI is InChI=1S/C12H20N4O3S2/c1-12(11-14-7-9(20-11)10(13)17)5-4-6-16(8-12)21(18,19)15(2)3/h7H,4-6,8H2,1-3H3,(H2,13,17)/t12-/m0/s1. The molecule has 2 N–H and O–H groups in total. The van der Waals surface area contributed by atoms with E-state index < -0.39 is 16.1 Å². The van der Waals surface area contributed by atoms with Gasteiger partial charge in [-0.1, -0.05) is 6.92 Å². The first-order valence-electron chi connectivity index (χ1n) is 6.60. The number of primary amides is 1. The van der Waals surface area contributed by atoms with Crippen LogP contribution in [0, 0.1) is 0 Å². The van der Waals surface area contributed by atoms with Crippen LogP contribution >= 0.6 is 11.3 Å². The number of amides is 1. The van der Waals surface area contributed by atoms with Crippen LogP contribution in [0.25, 0.3) is 0 Å². The van der Waals surface area contributed by atoms with Gasteiger partial charge in [0.25, 0.3) is 16.1 Å². The highest BCUT2D eigenvalue weighted by atomic mass is 32.2. The summed E-state index contributed by atoms with van der Waals surface area (Å²) in [5, 5.41) is 0.759. The van der Waals surface area contributed by atoms with Crippen LogP contribution in [-0.2, 0) is 15.6 Å². The van der Waals surface area contributed by atoms with Gasteiger partial charge in [0.05, 0.1) is 6.20 Å². The van der Waals surface area contributed by atoms with Crippen molar-refractivity contribution in [2.75, 3.05) is 27.2 Å². The first kappa shape index (κ1) is 16.3. The van der Waals surface area contributed by atoms with Gasteiger partial charge in [-0.3, -0.25) is 4.79 Å². The normalized spacial score (nSPS) is 24.4. The molecule has 21 heavy (non-hydrogen) atoms. The Bertz CT molecular complexity index is 641. The van der Waals surface area contributed by atoms with Crippen molar-refractivity contribution in [2.45, 2.75) is 25.2 Å². The van der Waals surface area contributed by atoms with Crippen molar-refractivity contribution in [1.82, 2.24) is 13.6 Å². The molecule has 0 radical (unpaired) electrons. The zero-order valence-corrected chi connectivity index (χ0v) is 14.0. The van der Waals surface area contributed by atoms with E-state index >= 15 is 0 Å². The smallest absolute Gasteiger partial charge is 0.281 e. The van der Waals surface area contributed by atoms with Crippen LogP contribution in [0.4, 0.5) is 0 Å². The zero-order chi connectivity index (χ0) is 15.8. The van der Waals surface area contributed by atoms with Crippen molar-refractivity contribution in [3.8, 4) is 0 Å². The average molecular weight is 332 g/mol. The van der Waals surface area contributed by atoms with Crippen LogP contribution in [-0.4, -0.2) is 55.1 Å². The third-order valence-corrected chi connectivity index (χ3v) is 6.92. The van der Waals surface area contributed by atoms with Crippen molar-refractivity contribution >= 4 is 27.5 Å². The van der Waals surface area contributed by atoms with Crippen molar-refractivity contribution in [3.63, 3.8) is 0 Å². The molecule has 0 bridgehead atoms. The Morgan fingerprint density at radius 1 is 1.52 bits per heavy atom. The summed E-state index contributed by atoms with van der Waals surface area (Å²) in [4.78, 5) is 15.9. The fourth-order valence-electron chi connectivity index (χ4n) is 2.46.